The van der Waals surface area contributed by atoms with Crippen LogP contribution in [0.15, 0.2) is 17.8 Å². The molecule has 0 radical (unpaired) electrons. The van der Waals surface area contributed by atoms with Crippen molar-refractivity contribution in [1.82, 2.24) is 14.9 Å². The molecule has 2 aliphatic rings. The van der Waals surface area contributed by atoms with E-state index in [1.165, 1.54) is 32.1 Å². The first-order chi connectivity index (χ1) is 10.8. The largest absolute Gasteiger partial charge is 0.345 e. The monoisotopic (exact) mass is 316 g/mol. The Balaban J connectivity index is 1.52. The van der Waals surface area contributed by atoms with Gasteiger partial charge in [0.2, 0.25) is 5.91 Å². The molecule has 2 fully saturated rings. The molecule has 3 heterocycles. The lowest BCUT2D eigenvalue weighted by Gasteiger charge is -2.41. The standard InChI is InChI=1S/C16H20N4OS/c21-14-10-19(7-8-20(14)12-4-2-1-3-5-12)15-13-6-9-22-16(13)18-11-17-15/h6,9,11-12H,1-5,7-8,10H2. The number of hydrogen-bond acceptors (Lipinski definition) is 5. The second-order valence-corrected chi connectivity index (χ2v) is 7.03. The van der Waals surface area contributed by atoms with Crippen molar-refractivity contribution in [1.29, 1.82) is 0 Å². The third-order valence-electron chi connectivity index (χ3n) is 4.81. The van der Waals surface area contributed by atoms with Gasteiger partial charge >= 0.3 is 0 Å². The first-order valence-corrected chi connectivity index (χ1v) is 8.93. The summed E-state index contributed by atoms with van der Waals surface area (Å²) in [6.45, 7) is 2.13. The second-order valence-electron chi connectivity index (χ2n) is 6.14. The summed E-state index contributed by atoms with van der Waals surface area (Å²) in [7, 11) is 0. The van der Waals surface area contributed by atoms with Gasteiger partial charge in [-0.05, 0) is 24.3 Å². The van der Waals surface area contributed by atoms with Gasteiger partial charge in [-0.3, -0.25) is 4.79 Å². The zero-order valence-corrected chi connectivity index (χ0v) is 13.4. The summed E-state index contributed by atoms with van der Waals surface area (Å²) in [4.78, 5) is 26.5. The van der Waals surface area contributed by atoms with Gasteiger partial charge in [0, 0.05) is 19.1 Å². The number of fused-ring (bicyclic) bond motifs is 1. The van der Waals surface area contributed by atoms with Gasteiger partial charge in [0.05, 0.1) is 11.9 Å². The molecule has 5 nitrogen and oxygen atoms in total. The van der Waals surface area contributed by atoms with E-state index in [0.717, 1.165) is 29.1 Å². The van der Waals surface area contributed by atoms with E-state index in [1.807, 2.05) is 11.4 Å². The minimum absolute atomic E-state index is 0.250. The summed E-state index contributed by atoms with van der Waals surface area (Å²) in [5, 5.41) is 3.09. The van der Waals surface area contributed by atoms with Crippen LogP contribution in [0, 0.1) is 0 Å². The van der Waals surface area contributed by atoms with E-state index in [2.05, 4.69) is 19.8 Å². The van der Waals surface area contributed by atoms with Crippen molar-refractivity contribution >= 4 is 33.3 Å². The molecule has 2 aromatic rings. The Labute approximate surface area is 134 Å². The van der Waals surface area contributed by atoms with Gasteiger partial charge in [-0.25, -0.2) is 9.97 Å². The molecule has 6 heteroatoms. The van der Waals surface area contributed by atoms with Crippen molar-refractivity contribution in [2.45, 2.75) is 38.1 Å². The van der Waals surface area contributed by atoms with Crippen LogP contribution in [0.1, 0.15) is 32.1 Å². The summed E-state index contributed by atoms with van der Waals surface area (Å²) in [6.07, 6.45) is 7.80. The highest BCUT2D eigenvalue weighted by molar-refractivity contribution is 7.16. The molecule has 2 aromatic heterocycles. The van der Waals surface area contributed by atoms with Crippen molar-refractivity contribution in [3.63, 3.8) is 0 Å². The van der Waals surface area contributed by atoms with E-state index >= 15 is 0 Å². The van der Waals surface area contributed by atoms with Crippen LogP contribution < -0.4 is 4.90 Å². The molecule has 22 heavy (non-hydrogen) atoms. The molecule has 0 unspecified atom stereocenters. The number of carbonyl (C=O) groups excluding carboxylic acids is 1. The van der Waals surface area contributed by atoms with Gasteiger partial charge in [-0.2, -0.15) is 0 Å². The zero-order chi connectivity index (χ0) is 14.9. The Kier molecular flexibility index (Phi) is 3.70. The van der Waals surface area contributed by atoms with Gasteiger partial charge in [0.15, 0.2) is 0 Å². The Morgan fingerprint density at radius 3 is 2.82 bits per heavy atom. The number of carbonyl (C=O) groups is 1. The maximum absolute atomic E-state index is 12.6. The van der Waals surface area contributed by atoms with Crippen LogP contribution in [0.3, 0.4) is 0 Å². The zero-order valence-electron chi connectivity index (χ0n) is 12.6. The van der Waals surface area contributed by atoms with Crippen molar-refractivity contribution in [2.24, 2.45) is 0 Å². The second kappa shape index (κ2) is 5.83. The van der Waals surface area contributed by atoms with Crippen LogP contribution in [0.25, 0.3) is 10.2 Å². The number of nitrogens with zero attached hydrogens (tertiary/aromatic N) is 4. The number of piperazine rings is 1. The molecule has 1 amide bonds. The Hall–Kier alpha value is -1.69. The fourth-order valence-electron chi connectivity index (χ4n) is 3.67. The highest BCUT2D eigenvalue weighted by atomic mass is 32.1. The highest BCUT2D eigenvalue weighted by Crippen LogP contribution is 2.29. The summed E-state index contributed by atoms with van der Waals surface area (Å²) in [5.74, 6) is 1.16. The fourth-order valence-corrected chi connectivity index (χ4v) is 4.40. The molecule has 0 bridgehead atoms. The van der Waals surface area contributed by atoms with Crippen molar-refractivity contribution in [3.05, 3.63) is 17.8 Å². The first kappa shape index (κ1) is 13.9. The Morgan fingerprint density at radius 1 is 1.14 bits per heavy atom. The van der Waals surface area contributed by atoms with E-state index in [4.69, 9.17) is 0 Å². The number of anilines is 1. The third kappa shape index (κ3) is 2.45. The van der Waals surface area contributed by atoms with Gasteiger partial charge in [0.25, 0.3) is 0 Å². The average molecular weight is 316 g/mol. The molecule has 1 aliphatic heterocycles. The summed E-state index contributed by atoms with van der Waals surface area (Å²) in [6, 6.07) is 2.52. The van der Waals surface area contributed by atoms with E-state index in [0.29, 0.717) is 12.6 Å². The number of amides is 1. The van der Waals surface area contributed by atoms with E-state index < -0.39 is 0 Å². The molecule has 0 spiro atoms. The molecule has 0 aromatic carbocycles. The van der Waals surface area contributed by atoms with Gasteiger partial charge in [-0.1, -0.05) is 19.3 Å². The van der Waals surface area contributed by atoms with Gasteiger partial charge < -0.3 is 9.80 Å². The van der Waals surface area contributed by atoms with Crippen molar-refractivity contribution < 1.29 is 4.79 Å². The van der Waals surface area contributed by atoms with Gasteiger partial charge in [-0.15, -0.1) is 11.3 Å². The van der Waals surface area contributed by atoms with E-state index in [1.54, 1.807) is 17.7 Å². The molecule has 1 saturated heterocycles. The molecular weight excluding hydrogens is 296 g/mol. The molecule has 4 rings (SSSR count). The molecule has 0 atom stereocenters. The molecular formula is C16H20N4OS. The highest BCUT2D eigenvalue weighted by Gasteiger charge is 2.31. The average Bonchev–Trinajstić information content (AvgIpc) is 3.04. The normalized spacial score (nSPS) is 20.8. The predicted molar refractivity (Wildman–Crippen MR) is 88.2 cm³/mol. The maximum atomic E-state index is 12.6. The molecule has 1 saturated carbocycles. The van der Waals surface area contributed by atoms with E-state index in [-0.39, 0.29) is 5.91 Å². The van der Waals surface area contributed by atoms with Crippen LogP contribution in [0.2, 0.25) is 0 Å². The Bertz CT molecular complexity index is 680. The number of hydrogen-bond donors (Lipinski definition) is 0. The summed E-state index contributed by atoms with van der Waals surface area (Å²) in [5.41, 5.74) is 0. The van der Waals surface area contributed by atoms with Crippen molar-refractivity contribution in [2.75, 3.05) is 24.5 Å². The minimum Gasteiger partial charge on any atom is -0.345 e. The Morgan fingerprint density at radius 2 is 2.00 bits per heavy atom. The number of rotatable bonds is 2. The molecule has 116 valence electrons. The minimum atomic E-state index is 0.250. The maximum Gasteiger partial charge on any atom is 0.242 e. The van der Waals surface area contributed by atoms with Crippen LogP contribution in [0.5, 0.6) is 0 Å². The summed E-state index contributed by atoms with van der Waals surface area (Å²) < 4.78 is 0. The lowest BCUT2D eigenvalue weighted by molar-refractivity contribution is -0.134. The van der Waals surface area contributed by atoms with Crippen LogP contribution in [0.4, 0.5) is 5.82 Å². The first-order valence-electron chi connectivity index (χ1n) is 8.05. The van der Waals surface area contributed by atoms with Crippen LogP contribution in [-0.2, 0) is 4.79 Å². The number of aromatic nitrogens is 2. The smallest absolute Gasteiger partial charge is 0.242 e. The number of thiophene rings is 1. The SMILES string of the molecule is O=C1CN(c2ncnc3sccc23)CCN1C1CCCCC1. The molecule has 0 N–H and O–H groups in total. The van der Waals surface area contributed by atoms with Crippen LogP contribution in [-0.4, -0.2) is 46.5 Å². The predicted octanol–water partition coefficient (Wildman–Crippen LogP) is 2.67. The third-order valence-corrected chi connectivity index (χ3v) is 5.63. The van der Waals surface area contributed by atoms with Gasteiger partial charge in [0.1, 0.15) is 17.0 Å². The lowest BCUT2D eigenvalue weighted by atomic mass is 9.93. The summed E-state index contributed by atoms with van der Waals surface area (Å²) >= 11 is 1.62. The van der Waals surface area contributed by atoms with E-state index in [9.17, 15) is 4.79 Å². The van der Waals surface area contributed by atoms with Crippen molar-refractivity contribution in [3.8, 4) is 0 Å². The van der Waals surface area contributed by atoms with Crippen LogP contribution >= 0.6 is 11.3 Å². The lowest BCUT2D eigenvalue weighted by Crippen LogP contribution is -2.54. The fraction of sp³-hybridized carbons (Fsp3) is 0.562. The molecule has 1 aliphatic carbocycles. The topological polar surface area (TPSA) is 49.3 Å². The quantitative estimate of drug-likeness (QED) is 0.855.